The van der Waals surface area contributed by atoms with Gasteiger partial charge in [-0.25, -0.2) is 19.2 Å². The summed E-state index contributed by atoms with van der Waals surface area (Å²) in [6, 6.07) is -0.791. The Hall–Kier alpha value is -3.12. The number of urea groups is 2. The Labute approximate surface area is 175 Å². The second kappa shape index (κ2) is 19.2. The molecule has 12 heteroatoms. The molecule has 0 aromatic heterocycles. The second-order valence-electron chi connectivity index (χ2n) is 5.33. The third-order valence-electron chi connectivity index (χ3n) is 3.03. The lowest BCUT2D eigenvalue weighted by Crippen LogP contribution is -2.39. The quantitative estimate of drug-likeness (QED) is 0.131. The Morgan fingerprint density at radius 2 is 0.900 bits per heavy atom. The molecular formula is C18H30N4O8. The minimum atomic E-state index is -0.546. The number of rotatable bonds is 17. The zero-order valence-corrected chi connectivity index (χ0v) is 16.9. The van der Waals surface area contributed by atoms with Crippen LogP contribution in [0.2, 0.25) is 0 Å². The zero-order valence-electron chi connectivity index (χ0n) is 16.9. The second-order valence-corrected chi connectivity index (χ2v) is 5.33. The fraction of sp³-hybridized carbons (Fsp3) is 0.556. The van der Waals surface area contributed by atoms with Crippen molar-refractivity contribution in [1.29, 1.82) is 0 Å². The molecule has 0 aliphatic carbocycles. The molecule has 0 aliphatic rings. The van der Waals surface area contributed by atoms with Gasteiger partial charge < -0.3 is 40.2 Å². The van der Waals surface area contributed by atoms with E-state index in [1.807, 2.05) is 0 Å². The molecule has 0 aliphatic heterocycles. The van der Waals surface area contributed by atoms with Crippen LogP contribution in [0.1, 0.15) is 0 Å². The van der Waals surface area contributed by atoms with Crippen molar-refractivity contribution in [2.75, 3.05) is 65.8 Å². The number of hydrogen-bond donors (Lipinski definition) is 4. The smallest absolute Gasteiger partial charge is 0.330 e. The average molecular weight is 430 g/mol. The number of hydrogen-bond acceptors (Lipinski definition) is 8. The molecule has 0 saturated heterocycles. The predicted octanol–water partition coefficient (Wildman–Crippen LogP) is -0.924. The van der Waals surface area contributed by atoms with E-state index in [0.717, 1.165) is 12.2 Å². The molecule has 0 radical (unpaired) electrons. The van der Waals surface area contributed by atoms with Gasteiger partial charge in [-0.1, -0.05) is 13.2 Å². The van der Waals surface area contributed by atoms with Gasteiger partial charge in [0, 0.05) is 25.2 Å². The van der Waals surface area contributed by atoms with Gasteiger partial charge in [-0.3, -0.25) is 0 Å². The Kier molecular flexibility index (Phi) is 17.2. The molecule has 0 unspecified atom stereocenters. The maximum Gasteiger partial charge on any atom is 0.330 e. The summed E-state index contributed by atoms with van der Waals surface area (Å²) in [7, 11) is 0. The molecule has 0 aromatic carbocycles. The van der Waals surface area contributed by atoms with Crippen molar-refractivity contribution in [2.24, 2.45) is 0 Å². The van der Waals surface area contributed by atoms with Crippen LogP contribution in [0.4, 0.5) is 9.59 Å². The van der Waals surface area contributed by atoms with Gasteiger partial charge in [0.15, 0.2) is 0 Å². The summed E-state index contributed by atoms with van der Waals surface area (Å²) >= 11 is 0. The first-order valence-corrected chi connectivity index (χ1v) is 9.26. The van der Waals surface area contributed by atoms with E-state index in [9.17, 15) is 19.2 Å². The summed E-state index contributed by atoms with van der Waals surface area (Å²) in [6.45, 7) is 8.91. The highest BCUT2D eigenvalue weighted by atomic mass is 16.5. The molecule has 0 spiro atoms. The van der Waals surface area contributed by atoms with E-state index < -0.39 is 24.0 Å². The topological polar surface area (TPSA) is 153 Å². The molecule has 0 atom stereocenters. The molecule has 4 N–H and O–H groups in total. The van der Waals surface area contributed by atoms with Crippen LogP contribution in [0.15, 0.2) is 25.3 Å². The van der Waals surface area contributed by atoms with Crippen molar-refractivity contribution in [1.82, 2.24) is 21.3 Å². The average Bonchev–Trinajstić information content (AvgIpc) is 2.74. The minimum Gasteiger partial charge on any atom is -0.461 e. The van der Waals surface area contributed by atoms with E-state index in [4.69, 9.17) is 18.9 Å². The van der Waals surface area contributed by atoms with Crippen LogP contribution in [0, 0.1) is 0 Å². The van der Waals surface area contributed by atoms with Crippen molar-refractivity contribution >= 4 is 24.0 Å². The minimum absolute atomic E-state index is 0.0633. The molecule has 30 heavy (non-hydrogen) atoms. The van der Waals surface area contributed by atoms with Gasteiger partial charge in [0.05, 0.1) is 39.5 Å². The first kappa shape index (κ1) is 26.9. The molecule has 12 nitrogen and oxygen atoms in total. The highest BCUT2D eigenvalue weighted by Crippen LogP contribution is 1.81. The Morgan fingerprint density at radius 1 is 0.567 bits per heavy atom. The van der Waals surface area contributed by atoms with Gasteiger partial charge >= 0.3 is 24.0 Å². The van der Waals surface area contributed by atoms with Crippen molar-refractivity contribution in [2.45, 2.75) is 0 Å². The maximum atomic E-state index is 11.4. The number of ether oxygens (including phenoxy) is 4. The van der Waals surface area contributed by atoms with Gasteiger partial charge in [-0.2, -0.15) is 0 Å². The third kappa shape index (κ3) is 18.3. The van der Waals surface area contributed by atoms with Crippen LogP contribution >= 0.6 is 0 Å². The van der Waals surface area contributed by atoms with E-state index in [1.54, 1.807) is 0 Å². The monoisotopic (exact) mass is 430 g/mol. The van der Waals surface area contributed by atoms with Crippen molar-refractivity contribution in [3.63, 3.8) is 0 Å². The van der Waals surface area contributed by atoms with Crippen LogP contribution < -0.4 is 21.3 Å². The summed E-state index contributed by atoms with van der Waals surface area (Å²) in [5.74, 6) is -1.09. The SMILES string of the molecule is C=CC(=O)OCCNC(=O)NCCOCCOCCNC(=O)NCCOC(=O)C=C. The molecule has 4 amide bonds. The lowest BCUT2D eigenvalue weighted by atomic mass is 10.6. The largest absolute Gasteiger partial charge is 0.461 e. The molecule has 0 bridgehead atoms. The Balaban J connectivity index is 3.34. The van der Waals surface area contributed by atoms with Gasteiger partial charge in [-0.15, -0.1) is 0 Å². The summed E-state index contributed by atoms with van der Waals surface area (Å²) in [5, 5.41) is 10.2. The molecule has 170 valence electrons. The summed E-state index contributed by atoms with van der Waals surface area (Å²) < 4.78 is 20.0. The van der Waals surface area contributed by atoms with E-state index >= 15 is 0 Å². The van der Waals surface area contributed by atoms with E-state index in [2.05, 4.69) is 34.4 Å². The van der Waals surface area contributed by atoms with Gasteiger partial charge in [0.2, 0.25) is 0 Å². The van der Waals surface area contributed by atoms with Crippen LogP contribution in [-0.4, -0.2) is 89.8 Å². The van der Waals surface area contributed by atoms with E-state index in [0.29, 0.717) is 39.5 Å². The standard InChI is InChI=1S/C18H30N4O8/c1-3-15(23)29-11-7-21-17(25)19-5-9-27-13-14-28-10-6-20-18(26)22-8-12-30-16(24)4-2/h3-4H,1-2,5-14H2,(H2,19,21,25)(H2,20,22,26). The predicted molar refractivity (Wildman–Crippen MR) is 107 cm³/mol. The fourth-order valence-corrected chi connectivity index (χ4v) is 1.67. The molecule has 0 rings (SSSR count). The Morgan fingerprint density at radius 3 is 1.23 bits per heavy atom. The normalized spacial score (nSPS) is 9.73. The lowest BCUT2D eigenvalue weighted by molar-refractivity contribution is -0.138. The number of carbonyl (C=O) groups is 4. The van der Waals surface area contributed by atoms with Crippen LogP contribution in [-0.2, 0) is 28.5 Å². The molecule has 0 fully saturated rings. The number of esters is 2. The summed E-state index contributed by atoms with van der Waals surface area (Å²) in [6.07, 6.45) is 2.09. The summed E-state index contributed by atoms with van der Waals surface area (Å²) in [5.41, 5.74) is 0. The molecule has 0 heterocycles. The number of amides is 4. The van der Waals surface area contributed by atoms with Crippen LogP contribution in [0.3, 0.4) is 0 Å². The number of nitrogens with one attached hydrogen (secondary N) is 4. The fourth-order valence-electron chi connectivity index (χ4n) is 1.67. The van der Waals surface area contributed by atoms with Gasteiger partial charge in [0.25, 0.3) is 0 Å². The van der Waals surface area contributed by atoms with E-state index in [1.165, 1.54) is 0 Å². The van der Waals surface area contributed by atoms with Crippen molar-refractivity contribution < 1.29 is 38.1 Å². The van der Waals surface area contributed by atoms with Crippen LogP contribution in [0.5, 0.6) is 0 Å². The van der Waals surface area contributed by atoms with Crippen molar-refractivity contribution in [3.05, 3.63) is 25.3 Å². The van der Waals surface area contributed by atoms with Crippen molar-refractivity contribution in [3.8, 4) is 0 Å². The lowest BCUT2D eigenvalue weighted by Gasteiger charge is -2.09. The highest BCUT2D eigenvalue weighted by molar-refractivity contribution is 5.81. The summed E-state index contributed by atoms with van der Waals surface area (Å²) in [4.78, 5) is 44.4. The van der Waals surface area contributed by atoms with Gasteiger partial charge in [0.1, 0.15) is 13.2 Å². The first-order valence-electron chi connectivity index (χ1n) is 9.26. The zero-order chi connectivity index (χ0) is 22.5. The third-order valence-corrected chi connectivity index (χ3v) is 3.03. The van der Waals surface area contributed by atoms with E-state index in [-0.39, 0.29) is 26.3 Å². The highest BCUT2D eigenvalue weighted by Gasteiger charge is 2.01. The first-order chi connectivity index (χ1) is 14.5. The molecular weight excluding hydrogens is 400 g/mol. The molecule has 0 aromatic rings. The number of carbonyl (C=O) groups excluding carboxylic acids is 4. The van der Waals surface area contributed by atoms with Crippen LogP contribution in [0.25, 0.3) is 0 Å². The molecule has 0 saturated carbocycles. The van der Waals surface area contributed by atoms with Gasteiger partial charge in [-0.05, 0) is 0 Å². The maximum absolute atomic E-state index is 11.4. The Bertz CT molecular complexity index is 508.